The van der Waals surface area contributed by atoms with Gasteiger partial charge in [-0.15, -0.1) is 11.3 Å². The molecule has 2 rings (SSSR count). The molecule has 1 fully saturated rings. The highest BCUT2D eigenvalue weighted by Crippen LogP contribution is 2.33. The summed E-state index contributed by atoms with van der Waals surface area (Å²) in [4.78, 5) is 5.89. The Morgan fingerprint density at radius 3 is 3.20 bits per heavy atom. The highest BCUT2D eigenvalue weighted by molar-refractivity contribution is 7.99. The van der Waals surface area contributed by atoms with Crippen LogP contribution in [-0.2, 0) is 6.42 Å². The molecule has 84 valence electrons. The predicted molar refractivity (Wildman–Crippen MR) is 68.8 cm³/mol. The number of aromatic nitrogens is 1. The van der Waals surface area contributed by atoms with Crippen molar-refractivity contribution >= 4 is 23.1 Å². The van der Waals surface area contributed by atoms with Crippen LogP contribution in [0.5, 0.6) is 0 Å². The van der Waals surface area contributed by atoms with Crippen LogP contribution in [0.1, 0.15) is 35.6 Å². The van der Waals surface area contributed by atoms with E-state index in [1.54, 1.807) is 0 Å². The summed E-state index contributed by atoms with van der Waals surface area (Å²) in [7, 11) is 0. The van der Waals surface area contributed by atoms with Crippen LogP contribution in [0.25, 0.3) is 0 Å². The fourth-order valence-corrected chi connectivity index (χ4v) is 4.30. The first-order chi connectivity index (χ1) is 7.25. The zero-order valence-electron chi connectivity index (χ0n) is 9.11. The summed E-state index contributed by atoms with van der Waals surface area (Å²) in [6.45, 7) is 2.05. The molecule has 0 radical (unpaired) electrons. The molecule has 1 saturated heterocycles. The number of thiazole rings is 1. The lowest BCUT2D eigenvalue weighted by molar-refractivity contribution is 0.656. The standard InChI is InChI=1S/C11H18N2S2/c1-8(12)5-10-6-13-11(15-10)9-3-2-4-14-7-9/h6,8-9H,2-5,7,12H2,1H3. The normalized spacial score (nSPS) is 24.0. The van der Waals surface area contributed by atoms with Gasteiger partial charge in [-0.3, -0.25) is 0 Å². The largest absolute Gasteiger partial charge is 0.328 e. The highest BCUT2D eigenvalue weighted by Gasteiger charge is 2.19. The van der Waals surface area contributed by atoms with E-state index in [1.165, 1.54) is 34.2 Å². The van der Waals surface area contributed by atoms with Crippen molar-refractivity contribution in [3.63, 3.8) is 0 Å². The summed E-state index contributed by atoms with van der Waals surface area (Å²) >= 11 is 3.93. The van der Waals surface area contributed by atoms with Gasteiger partial charge < -0.3 is 5.73 Å². The SMILES string of the molecule is CC(N)Cc1cnc(C2CCCSC2)s1. The van der Waals surface area contributed by atoms with E-state index < -0.39 is 0 Å². The Hall–Kier alpha value is -0.0600. The quantitative estimate of drug-likeness (QED) is 0.885. The van der Waals surface area contributed by atoms with E-state index in [0.717, 1.165) is 6.42 Å². The Morgan fingerprint density at radius 2 is 2.53 bits per heavy atom. The first-order valence-corrected chi connectivity index (χ1v) is 7.50. The molecule has 0 saturated carbocycles. The molecular weight excluding hydrogens is 224 g/mol. The highest BCUT2D eigenvalue weighted by atomic mass is 32.2. The van der Waals surface area contributed by atoms with Gasteiger partial charge in [-0.25, -0.2) is 4.98 Å². The topological polar surface area (TPSA) is 38.9 Å². The second-order valence-corrected chi connectivity index (χ2v) is 6.56. The Labute approximate surface area is 99.7 Å². The predicted octanol–water partition coefficient (Wildman–Crippen LogP) is 2.64. The molecule has 1 aromatic heterocycles. The van der Waals surface area contributed by atoms with E-state index >= 15 is 0 Å². The van der Waals surface area contributed by atoms with Crippen LogP contribution in [0, 0.1) is 0 Å². The van der Waals surface area contributed by atoms with Crippen LogP contribution in [-0.4, -0.2) is 22.5 Å². The van der Waals surface area contributed by atoms with Crippen molar-refractivity contribution in [2.45, 2.75) is 38.1 Å². The Balaban J connectivity index is 1.99. The van der Waals surface area contributed by atoms with Gasteiger partial charge in [0, 0.05) is 28.8 Å². The average molecular weight is 242 g/mol. The van der Waals surface area contributed by atoms with E-state index in [9.17, 15) is 0 Å². The Kier molecular flexibility index (Phi) is 4.05. The third-order valence-corrected chi connectivity index (χ3v) is 5.00. The molecule has 0 aliphatic carbocycles. The fraction of sp³-hybridized carbons (Fsp3) is 0.727. The minimum absolute atomic E-state index is 0.249. The van der Waals surface area contributed by atoms with Gasteiger partial charge in [-0.05, 0) is 31.9 Å². The molecule has 0 bridgehead atoms. The van der Waals surface area contributed by atoms with E-state index in [-0.39, 0.29) is 6.04 Å². The maximum Gasteiger partial charge on any atom is 0.0966 e. The number of nitrogens with zero attached hydrogens (tertiary/aromatic N) is 1. The molecule has 0 spiro atoms. The van der Waals surface area contributed by atoms with Gasteiger partial charge in [0.25, 0.3) is 0 Å². The zero-order valence-corrected chi connectivity index (χ0v) is 10.7. The van der Waals surface area contributed by atoms with Crippen LogP contribution in [0.4, 0.5) is 0 Å². The number of rotatable bonds is 3. The number of hydrogen-bond acceptors (Lipinski definition) is 4. The van der Waals surface area contributed by atoms with Gasteiger partial charge in [-0.2, -0.15) is 11.8 Å². The summed E-state index contributed by atoms with van der Waals surface area (Å²) in [6, 6.07) is 0.249. The van der Waals surface area contributed by atoms with Crippen molar-refractivity contribution in [3.05, 3.63) is 16.1 Å². The summed E-state index contributed by atoms with van der Waals surface area (Å²) in [5.74, 6) is 3.29. The van der Waals surface area contributed by atoms with Crippen molar-refractivity contribution in [2.24, 2.45) is 5.73 Å². The lowest BCUT2D eigenvalue weighted by atomic mass is 10.1. The lowest BCUT2D eigenvalue weighted by Gasteiger charge is -2.18. The minimum atomic E-state index is 0.249. The third-order valence-electron chi connectivity index (χ3n) is 2.60. The van der Waals surface area contributed by atoms with E-state index in [4.69, 9.17) is 5.73 Å². The first kappa shape index (κ1) is 11.4. The van der Waals surface area contributed by atoms with Crippen molar-refractivity contribution in [1.82, 2.24) is 4.98 Å². The molecule has 4 heteroatoms. The molecule has 2 nitrogen and oxygen atoms in total. The summed E-state index contributed by atoms with van der Waals surface area (Å²) in [5.41, 5.74) is 5.79. The molecule has 0 aromatic carbocycles. The van der Waals surface area contributed by atoms with Crippen molar-refractivity contribution in [3.8, 4) is 0 Å². The second-order valence-electron chi connectivity index (χ2n) is 4.26. The van der Waals surface area contributed by atoms with Gasteiger partial charge in [0.15, 0.2) is 0 Å². The van der Waals surface area contributed by atoms with E-state index in [0.29, 0.717) is 5.92 Å². The first-order valence-electron chi connectivity index (χ1n) is 5.53. The van der Waals surface area contributed by atoms with Crippen LogP contribution in [0.3, 0.4) is 0 Å². The molecule has 1 aliphatic heterocycles. The van der Waals surface area contributed by atoms with Crippen molar-refractivity contribution in [1.29, 1.82) is 0 Å². The Morgan fingerprint density at radius 1 is 1.67 bits per heavy atom. The summed E-state index contributed by atoms with van der Waals surface area (Å²) < 4.78 is 0. The number of nitrogens with two attached hydrogens (primary N) is 1. The smallest absolute Gasteiger partial charge is 0.0966 e. The van der Waals surface area contributed by atoms with E-state index in [2.05, 4.69) is 23.7 Å². The molecular formula is C11H18N2S2. The van der Waals surface area contributed by atoms with Gasteiger partial charge >= 0.3 is 0 Å². The number of thioether (sulfide) groups is 1. The fourth-order valence-electron chi connectivity index (χ4n) is 1.86. The molecule has 2 atom stereocenters. The van der Waals surface area contributed by atoms with Gasteiger partial charge in [0.05, 0.1) is 5.01 Å². The lowest BCUT2D eigenvalue weighted by Crippen LogP contribution is -2.16. The van der Waals surface area contributed by atoms with Crippen LogP contribution in [0.15, 0.2) is 6.20 Å². The zero-order chi connectivity index (χ0) is 10.7. The van der Waals surface area contributed by atoms with Crippen molar-refractivity contribution in [2.75, 3.05) is 11.5 Å². The molecule has 1 aromatic rings. The summed E-state index contributed by atoms with van der Waals surface area (Å²) in [6.07, 6.45) is 5.65. The second kappa shape index (κ2) is 5.32. The van der Waals surface area contributed by atoms with Gasteiger partial charge in [-0.1, -0.05) is 0 Å². The molecule has 2 unspecified atom stereocenters. The van der Waals surface area contributed by atoms with Gasteiger partial charge in [0.1, 0.15) is 0 Å². The molecule has 1 aliphatic rings. The monoisotopic (exact) mass is 242 g/mol. The van der Waals surface area contributed by atoms with Crippen molar-refractivity contribution < 1.29 is 0 Å². The molecule has 2 N–H and O–H groups in total. The molecule has 0 amide bonds. The Bertz CT molecular complexity index is 303. The molecule has 2 heterocycles. The van der Waals surface area contributed by atoms with Gasteiger partial charge in [0.2, 0.25) is 0 Å². The van der Waals surface area contributed by atoms with Crippen LogP contribution < -0.4 is 5.73 Å². The molecule has 15 heavy (non-hydrogen) atoms. The van der Waals surface area contributed by atoms with Crippen LogP contribution >= 0.6 is 23.1 Å². The minimum Gasteiger partial charge on any atom is -0.328 e. The maximum atomic E-state index is 5.79. The maximum absolute atomic E-state index is 5.79. The van der Waals surface area contributed by atoms with Crippen LogP contribution in [0.2, 0.25) is 0 Å². The number of hydrogen-bond donors (Lipinski definition) is 1. The van der Waals surface area contributed by atoms with E-state index in [1.807, 2.05) is 17.5 Å². The third kappa shape index (κ3) is 3.20. The summed E-state index contributed by atoms with van der Waals surface area (Å²) in [5, 5.41) is 1.33. The average Bonchev–Trinajstić information content (AvgIpc) is 2.67.